The number of hydrogen-bond acceptors (Lipinski definition) is 5. The van der Waals surface area contributed by atoms with Crippen LogP contribution in [0, 0.1) is 0 Å². The van der Waals surface area contributed by atoms with Crippen molar-refractivity contribution in [1.82, 2.24) is 14.8 Å². The molecule has 5 nitrogen and oxygen atoms in total. The van der Waals surface area contributed by atoms with Gasteiger partial charge in [-0.1, -0.05) is 0 Å². The molecule has 1 aliphatic heterocycles. The van der Waals surface area contributed by atoms with E-state index >= 15 is 0 Å². The van der Waals surface area contributed by atoms with Crippen LogP contribution >= 0.6 is 36.2 Å². The molecule has 0 bridgehead atoms. The minimum atomic E-state index is -4.03. The third-order valence-electron chi connectivity index (χ3n) is 3.54. The first-order valence-corrected chi connectivity index (χ1v) is 8.03. The lowest BCUT2D eigenvalue weighted by molar-refractivity contribution is -0.144. The van der Waals surface area contributed by atoms with Crippen LogP contribution in [0.2, 0.25) is 0 Å². The number of hydrogen-bond donors (Lipinski definition) is 1. The van der Waals surface area contributed by atoms with E-state index in [1.54, 1.807) is 5.38 Å². The molecule has 0 unspecified atom stereocenters. The summed E-state index contributed by atoms with van der Waals surface area (Å²) in [6, 6.07) is 0. The Morgan fingerprint density at radius 3 is 2.40 bits per heavy atom. The Hall–Kier alpha value is -0.680. The number of nitrogens with two attached hydrogens (primary N) is 1. The zero-order valence-electron chi connectivity index (χ0n) is 13.2. The fraction of sp³-hybridized carbons (Fsp3) is 0.692. The van der Waals surface area contributed by atoms with E-state index < -0.39 is 18.9 Å². The van der Waals surface area contributed by atoms with E-state index in [-0.39, 0.29) is 56.9 Å². The van der Waals surface area contributed by atoms with E-state index in [1.165, 1.54) is 21.1 Å². The number of halogens is 6. The smallest absolute Gasteiger partial charge is 0.319 e. The highest BCUT2D eigenvalue weighted by Crippen LogP contribution is 2.24. The maximum absolute atomic E-state index is 13.0. The fourth-order valence-electron chi connectivity index (χ4n) is 2.29. The van der Waals surface area contributed by atoms with Gasteiger partial charge in [-0.2, -0.15) is 8.78 Å². The van der Waals surface area contributed by atoms with E-state index in [4.69, 9.17) is 5.73 Å². The molecular weight excluding hydrogens is 407 g/mol. The van der Waals surface area contributed by atoms with Gasteiger partial charge in [0, 0.05) is 38.0 Å². The molecule has 146 valence electrons. The molecule has 2 heterocycles. The van der Waals surface area contributed by atoms with Gasteiger partial charge < -0.3 is 10.6 Å². The zero-order valence-corrected chi connectivity index (χ0v) is 15.6. The highest BCUT2D eigenvalue weighted by Gasteiger charge is 2.42. The fourth-order valence-corrected chi connectivity index (χ4v) is 3.07. The van der Waals surface area contributed by atoms with Crippen molar-refractivity contribution >= 4 is 42.1 Å². The van der Waals surface area contributed by atoms with Crippen LogP contribution in [0.25, 0.3) is 0 Å². The maximum Gasteiger partial charge on any atom is 0.319 e. The van der Waals surface area contributed by atoms with Gasteiger partial charge in [-0.3, -0.25) is 9.69 Å². The van der Waals surface area contributed by atoms with Gasteiger partial charge >= 0.3 is 12.3 Å². The summed E-state index contributed by atoms with van der Waals surface area (Å²) in [4.78, 5) is 19.2. The van der Waals surface area contributed by atoms with Gasteiger partial charge in [0.25, 0.3) is 5.91 Å². The van der Waals surface area contributed by atoms with Crippen molar-refractivity contribution in [2.75, 3.05) is 39.3 Å². The monoisotopic (exact) mass is 426 g/mol. The van der Waals surface area contributed by atoms with Crippen LogP contribution in [-0.2, 0) is 6.42 Å². The molecule has 2 rings (SSSR count). The number of aromatic nitrogens is 1. The summed E-state index contributed by atoms with van der Waals surface area (Å²) in [6.45, 7) is 0.133. The molecule has 1 aromatic rings. The third kappa shape index (κ3) is 6.52. The SMILES string of the molecule is Cl.Cl.NCCc1nc(C(=O)N2CCN(CC(F)(F)C(F)F)CC2)cs1. The molecule has 1 aromatic heterocycles. The molecule has 1 amide bonds. The lowest BCUT2D eigenvalue weighted by Gasteiger charge is -2.35. The van der Waals surface area contributed by atoms with Gasteiger partial charge in [0.05, 0.1) is 11.6 Å². The number of nitrogens with zero attached hydrogens (tertiary/aromatic N) is 3. The number of piperazine rings is 1. The molecule has 25 heavy (non-hydrogen) atoms. The van der Waals surface area contributed by atoms with Crippen molar-refractivity contribution in [3.05, 3.63) is 16.1 Å². The lowest BCUT2D eigenvalue weighted by atomic mass is 10.2. The number of amides is 1. The standard InChI is InChI=1S/C13H18F4N4OS.2ClH/c14-12(15)13(16,17)8-20-3-5-21(6-4-20)11(22)9-7-23-10(19-9)1-2-18;;/h7,12H,1-6,8,18H2;2*1H. The molecule has 0 spiro atoms. The first-order chi connectivity index (χ1) is 10.8. The Morgan fingerprint density at radius 1 is 1.28 bits per heavy atom. The van der Waals surface area contributed by atoms with E-state index in [0.29, 0.717) is 18.7 Å². The summed E-state index contributed by atoms with van der Waals surface area (Å²) in [6.07, 6.45) is -3.09. The predicted molar refractivity (Wildman–Crippen MR) is 92.7 cm³/mol. The van der Waals surface area contributed by atoms with Crippen LogP contribution in [-0.4, -0.2) is 72.3 Å². The van der Waals surface area contributed by atoms with Crippen LogP contribution in [0.15, 0.2) is 5.38 Å². The van der Waals surface area contributed by atoms with Crippen molar-refractivity contribution in [2.45, 2.75) is 18.8 Å². The van der Waals surface area contributed by atoms with Crippen LogP contribution < -0.4 is 5.73 Å². The molecule has 0 radical (unpaired) electrons. The number of alkyl halides is 4. The first-order valence-electron chi connectivity index (χ1n) is 7.15. The number of carbonyl (C=O) groups is 1. The molecule has 2 N–H and O–H groups in total. The zero-order chi connectivity index (χ0) is 17.0. The summed E-state index contributed by atoms with van der Waals surface area (Å²) in [7, 11) is 0. The van der Waals surface area contributed by atoms with Crippen molar-refractivity contribution in [3.63, 3.8) is 0 Å². The molecule has 0 saturated carbocycles. The number of rotatable bonds is 6. The largest absolute Gasteiger partial charge is 0.335 e. The van der Waals surface area contributed by atoms with Crippen LogP contribution in [0.4, 0.5) is 17.6 Å². The van der Waals surface area contributed by atoms with Crippen LogP contribution in [0.3, 0.4) is 0 Å². The molecule has 12 heteroatoms. The van der Waals surface area contributed by atoms with E-state index in [0.717, 1.165) is 5.01 Å². The first kappa shape index (κ1) is 24.3. The second-order valence-corrected chi connectivity index (χ2v) is 6.24. The summed E-state index contributed by atoms with van der Waals surface area (Å²) in [5.41, 5.74) is 5.74. The summed E-state index contributed by atoms with van der Waals surface area (Å²) in [5, 5.41) is 2.41. The summed E-state index contributed by atoms with van der Waals surface area (Å²) in [5.74, 6) is -4.30. The molecular formula is C13H20Cl2F4N4OS. The highest BCUT2D eigenvalue weighted by molar-refractivity contribution is 7.09. The maximum atomic E-state index is 13.0. The van der Waals surface area contributed by atoms with E-state index in [2.05, 4.69) is 4.98 Å². The quantitative estimate of drug-likeness (QED) is 0.707. The Bertz CT molecular complexity index is 542. The molecule has 1 fully saturated rings. The van der Waals surface area contributed by atoms with Gasteiger partial charge in [-0.25, -0.2) is 13.8 Å². The van der Waals surface area contributed by atoms with Gasteiger partial charge in [0.2, 0.25) is 0 Å². The number of thiazole rings is 1. The Labute approximate surface area is 159 Å². The summed E-state index contributed by atoms with van der Waals surface area (Å²) < 4.78 is 50.5. The minimum absolute atomic E-state index is 0. The van der Waals surface area contributed by atoms with Gasteiger partial charge in [-0.15, -0.1) is 36.2 Å². The van der Waals surface area contributed by atoms with Crippen molar-refractivity contribution in [1.29, 1.82) is 0 Å². The second kappa shape index (κ2) is 10.5. The van der Waals surface area contributed by atoms with E-state index in [9.17, 15) is 22.4 Å². The molecule has 1 saturated heterocycles. The Morgan fingerprint density at radius 2 is 1.88 bits per heavy atom. The third-order valence-corrected chi connectivity index (χ3v) is 4.45. The highest BCUT2D eigenvalue weighted by atomic mass is 35.5. The average molecular weight is 427 g/mol. The predicted octanol–water partition coefficient (Wildman–Crippen LogP) is 2.15. The normalized spacial score (nSPS) is 15.7. The summed E-state index contributed by atoms with van der Waals surface area (Å²) >= 11 is 1.35. The molecule has 1 aliphatic rings. The van der Waals surface area contributed by atoms with Gasteiger partial charge in [0.15, 0.2) is 0 Å². The average Bonchev–Trinajstić information content (AvgIpc) is 2.96. The van der Waals surface area contributed by atoms with Crippen molar-refractivity contribution < 1.29 is 22.4 Å². The topological polar surface area (TPSA) is 62.5 Å². The van der Waals surface area contributed by atoms with Crippen LogP contribution in [0.5, 0.6) is 0 Å². The second-order valence-electron chi connectivity index (χ2n) is 5.30. The lowest BCUT2D eigenvalue weighted by Crippen LogP contribution is -2.52. The van der Waals surface area contributed by atoms with Gasteiger partial charge in [0.1, 0.15) is 5.69 Å². The molecule has 0 aromatic carbocycles. The van der Waals surface area contributed by atoms with Gasteiger partial charge in [-0.05, 0) is 6.54 Å². The molecule has 0 atom stereocenters. The minimum Gasteiger partial charge on any atom is -0.335 e. The Kier molecular flexibility index (Phi) is 10.2. The molecule has 0 aliphatic carbocycles. The number of carbonyl (C=O) groups excluding carboxylic acids is 1. The van der Waals surface area contributed by atoms with Crippen molar-refractivity contribution in [2.24, 2.45) is 5.73 Å². The van der Waals surface area contributed by atoms with Crippen molar-refractivity contribution in [3.8, 4) is 0 Å². The van der Waals surface area contributed by atoms with E-state index in [1.807, 2.05) is 0 Å². The van der Waals surface area contributed by atoms with Crippen LogP contribution in [0.1, 0.15) is 15.5 Å². The Balaban J connectivity index is 0.00000288.